The van der Waals surface area contributed by atoms with E-state index < -0.39 is 11.7 Å². The summed E-state index contributed by atoms with van der Waals surface area (Å²) in [7, 11) is 1.95. The number of nitrogens with zero attached hydrogens (tertiary/aromatic N) is 6. The molecule has 4 aromatic rings. The molecular formula is C27H31FN8O. The molecular weight excluding hydrogens is 471 g/mol. The van der Waals surface area contributed by atoms with Crippen molar-refractivity contribution in [3.63, 3.8) is 0 Å². The van der Waals surface area contributed by atoms with E-state index in [-0.39, 0.29) is 22.2 Å². The Morgan fingerprint density at radius 2 is 2.05 bits per heavy atom. The standard InChI is InChI=1S/C27H31FN8O/c1-16-9-27(10-16,25-34-32-15-35(25)3)18-8-19(13-30-12-18)36-14-20(28)22-23(36)17(7-21(33-22)24(29)37)11-31-26(2)5-4-6-26/h7-8,12-16,31H,4-6,9-11H2,1-3H3,(H2,29,37). The maximum Gasteiger partial charge on any atom is 0.267 e. The minimum atomic E-state index is -0.682. The quantitative estimate of drug-likeness (QED) is 0.399. The van der Waals surface area contributed by atoms with Crippen LogP contribution < -0.4 is 11.1 Å². The highest BCUT2D eigenvalue weighted by Gasteiger charge is 2.48. The fourth-order valence-corrected chi connectivity index (χ4v) is 6.14. The van der Waals surface area contributed by atoms with Crippen LogP contribution in [0.5, 0.6) is 0 Å². The summed E-state index contributed by atoms with van der Waals surface area (Å²) in [6.07, 6.45) is 11.9. The van der Waals surface area contributed by atoms with Gasteiger partial charge in [-0.3, -0.25) is 9.78 Å². The molecule has 0 aliphatic heterocycles. The summed E-state index contributed by atoms with van der Waals surface area (Å²) in [5, 5.41) is 12.1. The molecule has 0 aromatic carbocycles. The van der Waals surface area contributed by atoms with Gasteiger partial charge in [-0.15, -0.1) is 10.2 Å². The Labute approximate surface area is 214 Å². The van der Waals surface area contributed by atoms with Crippen molar-refractivity contribution in [2.24, 2.45) is 18.7 Å². The molecule has 0 spiro atoms. The number of halogens is 1. The van der Waals surface area contributed by atoms with Crippen LogP contribution in [0.2, 0.25) is 0 Å². The number of nitrogens with one attached hydrogen (secondary N) is 1. The van der Waals surface area contributed by atoms with Crippen LogP contribution in [0.15, 0.2) is 37.1 Å². The van der Waals surface area contributed by atoms with Crippen LogP contribution in [0.1, 0.15) is 73.4 Å². The molecule has 3 N–H and O–H groups in total. The number of nitrogens with two attached hydrogens (primary N) is 1. The largest absolute Gasteiger partial charge is 0.364 e. The monoisotopic (exact) mass is 502 g/mol. The van der Waals surface area contributed by atoms with Gasteiger partial charge in [0.2, 0.25) is 0 Å². The van der Waals surface area contributed by atoms with Gasteiger partial charge in [-0.2, -0.15) is 0 Å². The lowest BCUT2D eigenvalue weighted by Gasteiger charge is -2.45. The van der Waals surface area contributed by atoms with Crippen LogP contribution in [0.3, 0.4) is 0 Å². The summed E-state index contributed by atoms with van der Waals surface area (Å²) in [5.74, 6) is 0.255. The first-order valence-corrected chi connectivity index (χ1v) is 12.7. The summed E-state index contributed by atoms with van der Waals surface area (Å²) in [6.45, 7) is 4.87. The Bertz CT molecular complexity index is 1510. The molecule has 4 heterocycles. The smallest absolute Gasteiger partial charge is 0.267 e. The number of amides is 1. The predicted molar refractivity (Wildman–Crippen MR) is 137 cm³/mol. The second-order valence-corrected chi connectivity index (χ2v) is 11.1. The lowest BCUT2D eigenvalue weighted by atomic mass is 9.59. The summed E-state index contributed by atoms with van der Waals surface area (Å²) in [4.78, 5) is 20.8. The van der Waals surface area contributed by atoms with Gasteiger partial charge in [0.15, 0.2) is 5.82 Å². The zero-order valence-corrected chi connectivity index (χ0v) is 21.3. The second-order valence-electron chi connectivity index (χ2n) is 11.1. The molecule has 0 saturated heterocycles. The molecule has 0 unspecified atom stereocenters. The number of pyridine rings is 2. The third-order valence-corrected chi connectivity index (χ3v) is 8.28. The van der Waals surface area contributed by atoms with Crippen LogP contribution in [-0.2, 0) is 19.0 Å². The first kappa shape index (κ1) is 23.7. The van der Waals surface area contributed by atoms with E-state index in [1.165, 1.54) is 12.6 Å². The molecule has 4 aromatic heterocycles. The van der Waals surface area contributed by atoms with Crippen molar-refractivity contribution in [2.75, 3.05) is 0 Å². The second kappa shape index (κ2) is 8.44. The average Bonchev–Trinajstić information content (AvgIpc) is 3.42. The molecule has 2 saturated carbocycles. The number of carbonyl (C=O) groups is 1. The number of fused-ring (bicyclic) bond motifs is 1. The Kier molecular flexibility index (Phi) is 5.41. The van der Waals surface area contributed by atoms with Crippen LogP contribution in [-0.4, -0.2) is 40.7 Å². The number of rotatable bonds is 7. The zero-order valence-electron chi connectivity index (χ0n) is 21.3. The van der Waals surface area contributed by atoms with Gasteiger partial charge in [-0.25, -0.2) is 9.37 Å². The van der Waals surface area contributed by atoms with E-state index in [0.717, 1.165) is 48.3 Å². The molecule has 9 nitrogen and oxygen atoms in total. The number of aryl methyl sites for hydroxylation is 1. The maximum atomic E-state index is 15.3. The lowest BCUT2D eigenvalue weighted by molar-refractivity contribution is 0.0996. The number of hydrogen-bond acceptors (Lipinski definition) is 6. The first-order valence-electron chi connectivity index (χ1n) is 12.7. The molecule has 2 aliphatic carbocycles. The van der Waals surface area contributed by atoms with Gasteiger partial charge in [-0.05, 0) is 68.2 Å². The molecule has 1 amide bonds. The molecule has 37 heavy (non-hydrogen) atoms. The van der Waals surface area contributed by atoms with E-state index >= 15 is 4.39 Å². The van der Waals surface area contributed by atoms with E-state index in [2.05, 4.69) is 45.4 Å². The highest BCUT2D eigenvalue weighted by molar-refractivity contribution is 5.94. The molecule has 0 atom stereocenters. The Balaban J connectivity index is 1.48. The minimum Gasteiger partial charge on any atom is -0.364 e. The molecule has 2 fully saturated rings. The first-order chi connectivity index (χ1) is 17.7. The maximum absolute atomic E-state index is 15.3. The Hall–Kier alpha value is -3.66. The molecule has 0 radical (unpaired) electrons. The number of hydrogen-bond donors (Lipinski definition) is 2. The van der Waals surface area contributed by atoms with E-state index in [9.17, 15) is 4.79 Å². The summed E-state index contributed by atoms with van der Waals surface area (Å²) in [5.41, 5.74) is 8.56. The van der Waals surface area contributed by atoms with E-state index in [4.69, 9.17) is 5.73 Å². The van der Waals surface area contributed by atoms with Gasteiger partial charge in [0, 0.05) is 31.5 Å². The minimum absolute atomic E-state index is 0.0311. The van der Waals surface area contributed by atoms with Crippen LogP contribution in [0.25, 0.3) is 16.7 Å². The van der Waals surface area contributed by atoms with E-state index in [1.807, 2.05) is 17.8 Å². The molecule has 10 heteroatoms. The highest BCUT2D eigenvalue weighted by Crippen LogP contribution is 2.51. The van der Waals surface area contributed by atoms with Crippen molar-refractivity contribution >= 4 is 16.9 Å². The zero-order chi connectivity index (χ0) is 25.9. The van der Waals surface area contributed by atoms with Crippen LogP contribution >= 0.6 is 0 Å². The van der Waals surface area contributed by atoms with E-state index in [0.29, 0.717) is 18.0 Å². The third-order valence-electron chi connectivity index (χ3n) is 8.28. The fourth-order valence-electron chi connectivity index (χ4n) is 6.14. The van der Waals surface area contributed by atoms with Crippen molar-refractivity contribution in [2.45, 2.75) is 63.5 Å². The van der Waals surface area contributed by atoms with Gasteiger partial charge in [0.25, 0.3) is 5.91 Å². The van der Waals surface area contributed by atoms with Gasteiger partial charge in [0.1, 0.15) is 23.4 Å². The number of primary amides is 1. The van der Waals surface area contributed by atoms with Crippen LogP contribution in [0.4, 0.5) is 4.39 Å². The fraction of sp³-hybridized carbons (Fsp3) is 0.444. The summed E-state index contributed by atoms with van der Waals surface area (Å²) >= 11 is 0. The summed E-state index contributed by atoms with van der Waals surface area (Å²) in [6, 6.07) is 3.72. The molecule has 0 bridgehead atoms. The lowest BCUT2D eigenvalue weighted by Crippen LogP contribution is -2.47. The molecule has 192 valence electrons. The van der Waals surface area contributed by atoms with Gasteiger partial charge < -0.3 is 20.2 Å². The SMILES string of the molecule is CC1CC(c2cncc(-n3cc(F)c4nc(C(N)=O)cc(CNC5(C)CCC5)c43)c2)(c2nncn2C)C1. The molecule has 6 rings (SSSR count). The van der Waals surface area contributed by atoms with E-state index in [1.54, 1.807) is 23.2 Å². The van der Waals surface area contributed by atoms with Gasteiger partial charge in [0.05, 0.1) is 22.8 Å². The predicted octanol–water partition coefficient (Wildman–Crippen LogP) is 3.54. The van der Waals surface area contributed by atoms with Crippen molar-refractivity contribution < 1.29 is 9.18 Å². The van der Waals surface area contributed by atoms with Crippen molar-refractivity contribution in [3.8, 4) is 5.69 Å². The Morgan fingerprint density at radius 3 is 2.68 bits per heavy atom. The molecule has 2 aliphatic rings. The van der Waals surface area contributed by atoms with Gasteiger partial charge in [-0.1, -0.05) is 6.92 Å². The Morgan fingerprint density at radius 1 is 1.27 bits per heavy atom. The third kappa shape index (κ3) is 3.81. The van der Waals surface area contributed by atoms with Crippen molar-refractivity contribution in [1.29, 1.82) is 0 Å². The summed E-state index contributed by atoms with van der Waals surface area (Å²) < 4.78 is 19.1. The highest BCUT2D eigenvalue weighted by atomic mass is 19.1. The number of aromatic nitrogens is 6. The van der Waals surface area contributed by atoms with Gasteiger partial charge >= 0.3 is 0 Å². The van der Waals surface area contributed by atoms with Crippen molar-refractivity contribution in [3.05, 3.63) is 65.5 Å². The van der Waals surface area contributed by atoms with Crippen molar-refractivity contribution in [1.82, 2.24) is 34.6 Å². The normalized spacial score (nSPS) is 22.5. The number of carbonyl (C=O) groups excluding carboxylic acids is 1. The average molecular weight is 503 g/mol. The topological polar surface area (TPSA) is 117 Å². The van der Waals surface area contributed by atoms with Crippen LogP contribution in [0, 0.1) is 11.7 Å².